The molecule has 26 heavy (non-hydrogen) atoms. The van der Waals surface area contributed by atoms with Gasteiger partial charge in [0, 0.05) is 43.3 Å². The van der Waals surface area contributed by atoms with Gasteiger partial charge in [0.05, 0.1) is 12.2 Å². The molecule has 1 amide bonds. The Labute approximate surface area is 156 Å². The van der Waals surface area contributed by atoms with E-state index in [-0.39, 0.29) is 11.7 Å². The van der Waals surface area contributed by atoms with Crippen LogP contribution in [0.2, 0.25) is 0 Å². The van der Waals surface area contributed by atoms with Gasteiger partial charge in [-0.3, -0.25) is 9.69 Å². The zero-order chi connectivity index (χ0) is 17.9. The van der Waals surface area contributed by atoms with Crippen LogP contribution >= 0.6 is 11.3 Å². The molecule has 1 N–H and O–H groups in total. The van der Waals surface area contributed by atoms with Crippen molar-refractivity contribution in [2.24, 2.45) is 0 Å². The van der Waals surface area contributed by atoms with Gasteiger partial charge in [-0.2, -0.15) is 0 Å². The molecule has 1 saturated heterocycles. The van der Waals surface area contributed by atoms with Crippen LogP contribution in [0, 0.1) is 5.82 Å². The maximum atomic E-state index is 13.3. The molecule has 3 heterocycles. The Morgan fingerprint density at radius 1 is 1.23 bits per heavy atom. The summed E-state index contributed by atoms with van der Waals surface area (Å²) in [5, 5.41) is 3.67. The number of piperazine rings is 1. The van der Waals surface area contributed by atoms with Crippen molar-refractivity contribution in [2.75, 3.05) is 42.9 Å². The summed E-state index contributed by atoms with van der Waals surface area (Å²) in [5.74, 6) is 0.360. The zero-order valence-corrected chi connectivity index (χ0v) is 15.4. The summed E-state index contributed by atoms with van der Waals surface area (Å²) >= 11 is 1.61. The van der Waals surface area contributed by atoms with Gasteiger partial charge in [-0.05, 0) is 31.7 Å². The summed E-state index contributed by atoms with van der Waals surface area (Å²) in [4.78, 5) is 26.6. The molecule has 1 aliphatic heterocycles. The van der Waals surface area contributed by atoms with Crippen molar-refractivity contribution in [1.29, 1.82) is 0 Å². The normalized spacial score (nSPS) is 17.8. The fourth-order valence-corrected chi connectivity index (χ4v) is 4.53. The third-order valence-electron chi connectivity index (χ3n) is 4.86. The smallest absolute Gasteiger partial charge is 0.240 e. The molecule has 0 aromatic carbocycles. The standard InChI is InChI=1S/C18H22FN5OS/c19-13-5-6-20-16(11-13)24-9-7-23(8-10-24)12-17(25)22-18-21-14-3-1-2-4-15(14)26-18/h5-6,11H,1-4,7-10,12H2,(H,21,22,25). The van der Waals surface area contributed by atoms with Crippen LogP contribution in [0.5, 0.6) is 0 Å². The van der Waals surface area contributed by atoms with E-state index < -0.39 is 0 Å². The molecule has 8 heteroatoms. The number of carbonyl (C=O) groups is 1. The van der Waals surface area contributed by atoms with Crippen molar-refractivity contribution >= 4 is 28.2 Å². The van der Waals surface area contributed by atoms with Crippen molar-refractivity contribution in [1.82, 2.24) is 14.9 Å². The van der Waals surface area contributed by atoms with E-state index in [4.69, 9.17) is 0 Å². The van der Waals surface area contributed by atoms with Crippen LogP contribution in [0.4, 0.5) is 15.3 Å². The minimum absolute atomic E-state index is 0.0200. The number of aromatic nitrogens is 2. The lowest BCUT2D eigenvalue weighted by atomic mass is 10.0. The third kappa shape index (κ3) is 4.02. The highest BCUT2D eigenvalue weighted by atomic mass is 32.1. The summed E-state index contributed by atoms with van der Waals surface area (Å²) in [6.45, 7) is 3.32. The maximum absolute atomic E-state index is 13.3. The Bertz CT molecular complexity index is 764. The second kappa shape index (κ2) is 7.67. The van der Waals surface area contributed by atoms with Gasteiger partial charge in [-0.25, -0.2) is 14.4 Å². The number of nitrogens with zero attached hydrogens (tertiary/aromatic N) is 4. The van der Waals surface area contributed by atoms with Crippen LogP contribution < -0.4 is 10.2 Å². The van der Waals surface area contributed by atoms with Crippen molar-refractivity contribution in [3.05, 3.63) is 34.7 Å². The number of rotatable bonds is 4. The Balaban J connectivity index is 1.27. The molecule has 1 aliphatic carbocycles. The number of amides is 1. The van der Waals surface area contributed by atoms with Gasteiger partial charge in [0.15, 0.2) is 5.13 Å². The van der Waals surface area contributed by atoms with Gasteiger partial charge in [0.1, 0.15) is 11.6 Å². The van der Waals surface area contributed by atoms with Gasteiger partial charge < -0.3 is 10.2 Å². The molecule has 6 nitrogen and oxygen atoms in total. The first-order chi connectivity index (χ1) is 12.7. The molecule has 0 unspecified atom stereocenters. The SMILES string of the molecule is O=C(CN1CCN(c2cc(F)ccn2)CC1)Nc1nc2c(s1)CCCC2. The van der Waals surface area contributed by atoms with E-state index in [1.165, 1.54) is 36.0 Å². The molecule has 0 spiro atoms. The lowest BCUT2D eigenvalue weighted by molar-refractivity contribution is -0.117. The fraction of sp³-hybridized carbons (Fsp3) is 0.500. The summed E-state index contributed by atoms with van der Waals surface area (Å²) in [6.07, 6.45) is 6.00. The van der Waals surface area contributed by atoms with Gasteiger partial charge in [0.2, 0.25) is 5.91 Å². The molecule has 1 fully saturated rings. The molecule has 0 bridgehead atoms. The lowest BCUT2D eigenvalue weighted by Gasteiger charge is -2.34. The minimum Gasteiger partial charge on any atom is -0.354 e. The van der Waals surface area contributed by atoms with E-state index in [1.54, 1.807) is 11.3 Å². The molecule has 4 rings (SSSR count). The highest BCUT2D eigenvalue weighted by Gasteiger charge is 2.21. The Hall–Kier alpha value is -2.06. The number of thiazole rings is 1. The van der Waals surface area contributed by atoms with Crippen LogP contribution in [-0.4, -0.2) is 53.5 Å². The summed E-state index contributed by atoms with van der Waals surface area (Å²) in [5.41, 5.74) is 1.16. The number of nitrogens with one attached hydrogen (secondary N) is 1. The Kier molecular flexibility index (Phi) is 5.12. The number of hydrogen-bond donors (Lipinski definition) is 1. The van der Waals surface area contributed by atoms with Crippen molar-refractivity contribution in [3.63, 3.8) is 0 Å². The number of anilines is 2. The number of carbonyl (C=O) groups excluding carboxylic acids is 1. The van der Waals surface area contributed by atoms with Crippen LogP contribution in [0.25, 0.3) is 0 Å². The molecule has 2 aromatic rings. The monoisotopic (exact) mass is 375 g/mol. The Morgan fingerprint density at radius 2 is 2.04 bits per heavy atom. The average molecular weight is 375 g/mol. The summed E-state index contributed by atoms with van der Waals surface area (Å²) in [6, 6.07) is 2.80. The minimum atomic E-state index is -0.275. The first-order valence-corrected chi connectivity index (χ1v) is 9.86. The third-order valence-corrected chi connectivity index (χ3v) is 5.94. The number of halogens is 1. The molecule has 2 aliphatic rings. The predicted octanol–water partition coefficient (Wildman–Crippen LogP) is 2.32. The van der Waals surface area contributed by atoms with Crippen LogP contribution in [-0.2, 0) is 17.6 Å². The molecule has 138 valence electrons. The van der Waals surface area contributed by atoms with E-state index in [9.17, 15) is 9.18 Å². The van der Waals surface area contributed by atoms with Gasteiger partial charge in [-0.1, -0.05) is 0 Å². The number of pyridine rings is 1. The van der Waals surface area contributed by atoms with Gasteiger partial charge in [0.25, 0.3) is 0 Å². The maximum Gasteiger partial charge on any atom is 0.240 e. The quantitative estimate of drug-likeness (QED) is 0.889. The molecule has 2 aromatic heterocycles. The summed E-state index contributed by atoms with van der Waals surface area (Å²) < 4.78 is 13.3. The van der Waals surface area contributed by atoms with Crippen LogP contribution in [0.3, 0.4) is 0 Å². The van der Waals surface area contributed by atoms with Crippen molar-refractivity contribution in [2.45, 2.75) is 25.7 Å². The molecule has 0 saturated carbocycles. The van der Waals surface area contributed by atoms with E-state index in [2.05, 4.69) is 20.2 Å². The second-order valence-corrected chi connectivity index (χ2v) is 7.82. The Morgan fingerprint density at radius 3 is 2.81 bits per heavy atom. The molecular formula is C18H22FN5OS. The average Bonchev–Trinajstić information content (AvgIpc) is 3.04. The summed E-state index contributed by atoms with van der Waals surface area (Å²) in [7, 11) is 0. The highest BCUT2D eigenvalue weighted by molar-refractivity contribution is 7.15. The number of fused-ring (bicyclic) bond motifs is 1. The van der Waals surface area contributed by atoms with Gasteiger partial charge in [-0.15, -0.1) is 11.3 Å². The largest absolute Gasteiger partial charge is 0.354 e. The predicted molar refractivity (Wildman–Crippen MR) is 100 cm³/mol. The number of aryl methyl sites for hydroxylation is 2. The first-order valence-electron chi connectivity index (χ1n) is 9.05. The van der Waals surface area contributed by atoms with E-state index in [1.807, 2.05) is 4.90 Å². The van der Waals surface area contributed by atoms with Crippen molar-refractivity contribution < 1.29 is 9.18 Å². The van der Waals surface area contributed by atoms with Crippen molar-refractivity contribution in [3.8, 4) is 0 Å². The van der Waals surface area contributed by atoms with E-state index in [0.717, 1.165) is 49.8 Å². The van der Waals surface area contributed by atoms with Crippen LogP contribution in [0.15, 0.2) is 18.3 Å². The topological polar surface area (TPSA) is 61.4 Å². The molecular weight excluding hydrogens is 353 g/mol. The second-order valence-electron chi connectivity index (χ2n) is 6.74. The van der Waals surface area contributed by atoms with E-state index >= 15 is 0 Å². The molecule has 0 radical (unpaired) electrons. The van der Waals surface area contributed by atoms with Crippen LogP contribution in [0.1, 0.15) is 23.4 Å². The lowest BCUT2D eigenvalue weighted by Crippen LogP contribution is -2.48. The number of hydrogen-bond acceptors (Lipinski definition) is 6. The van der Waals surface area contributed by atoms with Gasteiger partial charge >= 0.3 is 0 Å². The fourth-order valence-electron chi connectivity index (χ4n) is 3.47. The zero-order valence-electron chi connectivity index (χ0n) is 14.6. The first kappa shape index (κ1) is 17.4. The molecule has 0 atom stereocenters. The van der Waals surface area contributed by atoms with E-state index in [0.29, 0.717) is 12.4 Å². The highest BCUT2D eigenvalue weighted by Crippen LogP contribution is 2.29.